The fourth-order valence-corrected chi connectivity index (χ4v) is 2.23. The molecule has 6 heteroatoms. The molecule has 0 aliphatic carbocycles. The summed E-state index contributed by atoms with van der Waals surface area (Å²) in [4.78, 5) is 17.6. The standard InChI is InChI=1S/C11H13Cl2N3O/c1-7-11(17)14-4-5-16(7)6-8-2-3-9(12)15-10(8)13/h2-3,7H,4-6H2,1H3,(H,14,17). The largest absolute Gasteiger partial charge is 0.353 e. The van der Waals surface area contributed by atoms with E-state index >= 15 is 0 Å². The first-order valence-electron chi connectivity index (χ1n) is 5.40. The van der Waals surface area contributed by atoms with E-state index in [9.17, 15) is 4.79 Å². The molecule has 1 aliphatic rings. The molecule has 1 atom stereocenters. The molecule has 2 heterocycles. The van der Waals surface area contributed by atoms with Crippen molar-refractivity contribution in [2.24, 2.45) is 0 Å². The van der Waals surface area contributed by atoms with Gasteiger partial charge in [0.25, 0.3) is 0 Å². The number of carbonyl (C=O) groups excluding carboxylic acids is 1. The molecule has 0 bridgehead atoms. The van der Waals surface area contributed by atoms with Crippen molar-refractivity contribution in [1.29, 1.82) is 0 Å². The Balaban J connectivity index is 2.12. The van der Waals surface area contributed by atoms with E-state index in [-0.39, 0.29) is 11.9 Å². The van der Waals surface area contributed by atoms with Gasteiger partial charge in [0.05, 0.1) is 6.04 Å². The number of rotatable bonds is 2. The van der Waals surface area contributed by atoms with Gasteiger partial charge < -0.3 is 5.32 Å². The second-order valence-corrected chi connectivity index (χ2v) is 4.77. The fraction of sp³-hybridized carbons (Fsp3) is 0.455. The van der Waals surface area contributed by atoms with Gasteiger partial charge in [-0.2, -0.15) is 0 Å². The molecule has 1 aromatic heterocycles. The second-order valence-electron chi connectivity index (χ2n) is 4.02. The van der Waals surface area contributed by atoms with Gasteiger partial charge in [0, 0.05) is 25.2 Å². The highest BCUT2D eigenvalue weighted by molar-refractivity contribution is 6.32. The number of piperazine rings is 1. The van der Waals surface area contributed by atoms with Gasteiger partial charge in [-0.05, 0) is 13.0 Å². The van der Waals surface area contributed by atoms with E-state index in [0.29, 0.717) is 23.4 Å². The number of pyridine rings is 1. The number of hydrogen-bond donors (Lipinski definition) is 1. The van der Waals surface area contributed by atoms with Gasteiger partial charge in [-0.15, -0.1) is 0 Å². The predicted molar refractivity (Wildman–Crippen MR) is 67.1 cm³/mol. The fourth-order valence-electron chi connectivity index (χ4n) is 1.82. The van der Waals surface area contributed by atoms with Crippen LogP contribution in [-0.2, 0) is 11.3 Å². The third-order valence-electron chi connectivity index (χ3n) is 2.89. The van der Waals surface area contributed by atoms with E-state index in [2.05, 4.69) is 15.2 Å². The molecule has 0 radical (unpaired) electrons. The maximum absolute atomic E-state index is 11.5. The highest BCUT2D eigenvalue weighted by atomic mass is 35.5. The summed E-state index contributed by atoms with van der Waals surface area (Å²) >= 11 is 11.7. The molecule has 17 heavy (non-hydrogen) atoms. The molecular weight excluding hydrogens is 261 g/mol. The van der Waals surface area contributed by atoms with E-state index in [1.165, 1.54) is 0 Å². The van der Waals surface area contributed by atoms with Crippen molar-refractivity contribution in [2.75, 3.05) is 13.1 Å². The summed E-state index contributed by atoms with van der Waals surface area (Å²) in [6.07, 6.45) is 0. The van der Waals surface area contributed by atoms with E-state index in [0.717, 1.165) is 12.1 Å². The lowest BCUT2D eigenvalue weighted by atomic mass is 10.1. The number of carbonyl (C=O) groups is 1. The molecule has 2 rings (SSSR count). The van der Waals surface area contributed by atoms with Crippen LogP contribution in [0.5, 0.6) is 0 Å². The minimum Gasteiger partial charge on any atom is -0.353 e. The van der Waals surface area contributed by atoms with Crippen LogP contribution in [-0.4, -0.2) is 34.9 Å². The molecule has 0 aromatic carbocycles. The second kappa shape index (κ2) is 5.21. The van der Waals surface area contributed by atoms with Crippen LogP contribution >= 0.6 is 23.2 Å². The van der Waals surface area contributed by atoms with Crippen molar-refractivity contribution in [2.45, 2.75) is 19.5 Å². The Labute approximate surface area is 110 Å². The first-order valence-corrected chi connectivity index (χ1v) is 6.16. The maximum Gasteiger partial charge on any atom is 0.237 e. The first-order chi connectivity index (χ1) is 8.08. The zero-order valence-corrected chi connectivity index (χ0v) is 10.9. The summed E-state index contributed by atoms with van der Waals surface area (Å²) in [7, 11) is 0. The Kier molecular flexibility index (Phi) is 3.86. The highest BCUT2D eigenvalue weighted by Gasteiger charge is 2.25. The van der Waals surface area contributed by atoms with E-state index in [1.54, 1.807) is 6.07 Å². The molecule has 0 spiro atoms. The molecule has 1 N–H and O–H groups in total. The summed E-state index contributed by atoms with van der Waals surface area (Å²) in [5.41, 5.74) is 0.887. The summed E-state index contributed by atoms with van der Waals surface area (Å²) in [6, 6.07) is 3.41. The van der Waals surface area contributed by atoms with Gasteiger partial charge in [0.1, 0.15) is 10.3 Å². The van der Waals surface area contributed by atoms with Crippen LogP contribution in [0.25, 0.3) is 0 Å². The van der Waals surface area contributed by atoms with Crippen LogP contribution in [0.3, 0.4) is 0 Å². The molecule has 1 fully saturated rings. The topological polar surface area (TPSA) is 45.2 Å². The zero-order valence-electron chi connectivity index (χ0n) is 9.41. The summed E-state index contributed by atoms with van der Waals surface area (Å²) in [5, 5.41) is 3.60. The summed E-state index contributed by atoms with van der Waals surface area (Å²) in [6.45, 7) is 3.97. The smallest absolute Gasteiger partial charge is 0.237 e. The van der Waals surface area contributed by atoms with Gasteiger partial charge in [0.2, 0.25) is 5.91 Å². The molecular formula is C11H13Cl2N3O. The molecule has 1 saturated heterocycles. The van der Waals surface area contributed by atoms with Gasteiger partial charge in [0.15, 0.2) is 0 Å². The van der Waals surface area contributed by atoms with Gasteiger partial charge in [-0.3, -0.25) is 9.69 Å². The third kappa shape index (κ3) is 2.89. The molecule has 1 unspecified atom stereocenters. The monoisotopic (exact) mass is 273 g/mol. The third-order valence-corrected chi connectivity index (χ3v) is 3.43. The Hall–Kier alpha value is -0.840. The predicted octanol–water partition coefficient (Wildman–Crippen LogP) is 1.71. The Bertz CT molecular complexity index is 439. The van der Waals surface area contributed by atoms with Crippen LogP contribution in [0, 0.1) is 0 Å². The maximum atomic E-state index is 11.5. The number of nitrogens with zero attached hydrogens (tertiary/aromatic N) is 2. The van der Waals surface area contributed by atoms with Crippen molar-refractivity contribution in [3.8, 4) is 0 Å². The lowest BCUT2D eigenvalue weighted by Gasteiger charge is -2.32. The van der Waals surface area contributed by atoms with E-state index < -0.39 is 0 Å². The Morgan fingerprint density at radius 1 is 1.53 bits per heavy atom. The normalized spacial score (nSPS) is 21.4. The van der Waals surface area contributed by atoms with E-state index in [1.807, 2.05) is 13.0 Å². The van der Waals surface area contributed by atoms with Gasteiger partial charge in [-0.25, -0.2) is 4.98 Å². The number of hydrogen-bond acceptors (Lipinski definition) is 3. The van der Waals surface area contributed by atoms with Crippen LogP contribution < -0.4 is 5.32 Å². The van der Waals surface area contributed by atoms with Crippen LogP contribution in [0.4, 0.5) is 0 Å². The molecule has 1 aliphatic heterocycles. The van der Waals surface area contributed by atoms with Crippen molar-refractivity contribution >= 4 is 29.1 Å². The first kappa shape index (κ1) is 12.6. The van der Waals surface area contributed by atoms with E-state index in [4.69, 9.17) is 23.2 Å². The average molecular weight is 274 g/mol. The minimum atomic E-state index is -0.143. The van der Waals surface area contributed by atoms with Crippen LogP contribution in [0.15, 0.2) is 12.1 Å². The Morgan fingerprint density at radius 3 is 3.00 bits per heavy atom. The van der Waals surface area contributed by atoms with Crippen LogP contribution in [0.1, 0.15) is 12.5 Å². The lowest BCUT2D eigenvalue weighted by molar-refractivity contribution is -0.128. The van der Waals surface area contributed by atoms with Crippen molar-refractivity contribution in [3.05, 3.63) is 28.0 Å². The van der Waals surface area contributed by atoms with Crippen molar-refractivity contribution in [1.82, 2.24) is 15.2 Å². The van der Waals surface area contributed by atoms with Crippen molar-refractivity contribution < 1.29 is 4.79 Å². The average Bonchev–Trinajstić information content (AvgIpc) is 2.28. The SMILES string of the molecule is CC1C(=O)NCCN1Cc1ccc(Cl)nc1Cl. The molecule has 92 valence electrons. The number of aromatic nitrogens is 1. The van der Waals surface area contributed by atoms with Crippen LogP contribution in [0.2, 0.25) is 10.3 Å². The highest BCUT2D eigenvalue weighted by Crippen LogP contribution is 2.19. The summed E-state index contributed by atoms with van der Waals surface area (Å²) in [5.74, 6) is 0.0503. The quantitative estimate of drug-likeness (QED) is 0.835. The molecule has 0 saturated carbocycles. The zero-order chi connectivity index (χ0) is 12.4. The summed E-state index contributed by atoms with van der Waals surface area (Å²) < 4.78 is 0. The number of nitrogens with one attached hydrogen (secondary N) is 1. The molecule has 1 amide bonds. The minimum absolute atomic E-state index is 0.0503. The number of halogens is 2. The Morgan fingerprint density at radius 2 is 2.29 bits per heavy atom. The molecule has 1 aromatic rings. The van der Waals surface area contributed by atoms with Gasteiger partial charge >= 0.3 is 0 Å². The van der Waals surface area contributed by atoms with Gasteiger partial charge in [-0.1, -0.05) is 29.3 Å². The van der Waals surface area contributed by atoms with Crippen molar-refractivity contribution in [3.63, 3.8) is 0 Å². The molecule has 4 nitrogen and oxygen atoms in total. The number of amides is 1. The lowest BCUT2D eigenvalue weighted by Crippen LogP contribution is -2.53.